The number of hydrogen-bond acceptors (Lipinski definition) is 21. The van der Waals surface area contributed by atoms with Crippen molar-refractivity contribution in [1.82, 2.24) is 45.0 Å². The standard InChI is InChI=1S/C30H43Cl2N9O15/c1-50-3-2-39-4-16(35-36-39)12-52-28-26(48)24(46)21(43)17(53-28)7-40-5-14(33-37-40)10-51-11-15-6-41(38-34-15)8-18-22(44)27(49)30(13-31,55-18)56-29-25(47)23(45)20(32)19(9-42)54-29/h4-7,18-29,42-49H,2-3,8-13H2,1H3/b17-7-/t18-,19-,20+,21+,22-,23+,24+,25+,26+,27+,28-,29+,30+/m1/s1. The molecule has 312 valence electrons. The molecule has 3 aliphatic heterocycles. The second-order valence-corrected chi connectivity index (χ2v) is 13.9. The quantitative estimate of drug-likeness (QED) is 0.0593. The number of aromatic nitrogens is 9. The number of rotatable bonds is 17. The van der Waals surface area contributed by atoms with E-state index in [1.54, 1.807) is 18.0 Å². The number of methoxy groups -OCH3 is 1. The summed E-state index contributed by atoms with van der Waals surface area (Å²) in [4.78, 5) is 0. The maximum Gasteiger partial charge on any atom is 0.228 e. The first-order valence-corrected chi connectivity index (χ1v) is 18.2. The number of alkyl halides is 2. The molecule has 24 nitrogen and oxygen atoms in total. The summed E-state index contributed by atoms with van der Waals surface area (Å²) in [5.74, 6) is -2.75. The molecule has 0 amide bonds. The molecule has 0 radical (unpaired) electrons. The SMILES string of the molecule is COCCn1cc(CO[C@@H]2O/C(=C\n3cc(COCc4cn(C[C@H]5O[C@@](CCl)(O[C@@H]6O[C@H](CO)[C@H](Cl)[C@H](O)[C@@H]6O)[C@@H](O)[C@@H]5O)nn4)nn3)[C@H](O)[C@H](O)[C@@H]2O)nn1. The molecule has 0 bridgehead atoms. The Kier molecular flexibility index (Phi) is 14.2. The molecule has 56 heavy (non-hydrogen) atoms. The van der Waals surface area contributed by atoms with Crippen LogP contribution in [-0.4, -0.2) is 191 Å². The highest BCUT2D eigenvalue weighted by Gasteiger charge is 2.58. The van der Waals surface area contributed by atoms with E-state index in [9.17, 15) is 40.9 Å². The summed E-state index contributed by atoms with van der Waals surface area (Å²) in [7, 11) is 1.56. The van der Waals surface area contributed by atoms with Crippen LogP contribution >= 0.6 is 23.2 Å². The third-order valence-electron chi connectivity index (χ3n) is 9.08. The molecule has 0 spiro atoms. The van der Waals surface area contributed by atoms with E-state index in [0.717, 1.165) is 0 Å². The fourth-order valence-corrected chi connectivity index (χ4v) is 6.56. The van der Waals surface area contributed by atoms with Crippen LogP contribution in [-0.2, 0) is 66.1 Å². The lowest BCUT2D eigenvalue weighted by atomic mass is 10.0. The van der Waals surface area contributed by atoms with Gasteiger partial charge in [0.1, 0.15) is 77.8 Å². The lowest BCUT2D eigenvalue weighted by Gasteiger charge is -2.43. The zero-order chi connectivity index (χ0) is 40.1. The van der Waals surface area contributed by atoms with Gasteiger partial charge in [-0.2, -0.15) is 0 Å². The lowest BCUT2D eigenvalue weighted by Crippen LogP contribution is -2.61. The van der Waals surface area contributed by atoms with E-state index in [4.69, 9.17) is 56.4 Å². The predicted octanol–water partition coefficient (Wildman–Crippen LogP) is -4.60. The largest absolute Gasteiger partial charge is 0.462 e. The molecule has 0 aromatic carbocycles. The summed E-state index contributed by atoms with van der Waals surface area (Å²) < 4.78 is 43.1. The van der Waals surface area contributed by atoms with E-state index >= 15 is 0 Å². The summed E-state index contributed by atoms with van der Waals surface area (Å²) in [6, 6.07) is 0. The maximum absolute atomic E-state index is 10.9. The van der Waals surface area contributed by atoms with Crippen LogP contribution < -0.4 is 0 Å². The molecule has 26 heteroatoms. The second kappa shape index (κ2) is 18.7. The Bertz CT molecular complexity index is 1740. The van der Waals surface area contributed by atoms with Crippen LogP contribution in [0.5, 0.6) is 0 Å². The van der Waals surface area contributed by atoms with Crippen molar-refractivity contribution < 1.29 is 74.0 Å². The Labute approximate surface area is 327 Å². The minimum atomic E-state index is -2.08. The molecule has 3 fully saturated rings. The minimum Gasteiger partial charge on any atom is -0.462 e. The summed E-state index contributed by atoms with van der Waals surface area (Å²) in [5.41, 5.74) is 1.18. The Hall–Kier alpha value is -3.02. The van der Waals surface area contributed by atoms with Crippen LogP contribution in [0, 0.1) is 0 Å². The minimum absolute atomic E-state index is 0.0305. The van der Waals surface area contributed by atoms with E-state index in [0.29, 0.717) is 30.2 Å². The summed E-state index contributed by atoms with van der Waals surface area (Å²) >= 11 is 12.1. The third kappa shape index (κ3) is 9.47. The van der Waals surface area contributed by atoms with Crippen molar-refractivity contribution in [2.24, 2.45) is 0 Å². The zero-order valence-electron chi connectivity index (χ0n) is 29.6. The molecular weight excluding hydrogens is 797 g/mol. The molecule has 13 atom stereocenters. The number of hydrogen-bond donors (Lipinski definition) is 8. The van der Waals surface area contributed by atoms with Gasteiger partial charge in [0, 0.05) is 7.11 Å². The highest BCUT2D eigenvalue weighted by atomic mass is 35.5. The van der Waals surface area contributed by atoms with Crippen LogP contribution in [0.4, 0.5) is 0 Å². The van der Waals surface area contributed by atoms with Crippen molar-refractivity contribution >= 4 is 29.4 Å². The van der Waals surface area contributed by atoms with Gasteiger partial charge in [-0.05, 0) is 0 Å². The van der Waals surface area contributed by atoms with E-state index in [2.05, 4.69) is 30.9 Å². The molecule has 6 heterocycles. The van der Waals surface area contributed by atoms with Crippen molar-refractivity contribution in [2.45, 2.75) is 112 Å². The van der Waals surface area contributed by atoms with Gasteiger partial charge in [0.2, 0.25) is 12.1 Å². The molecule has 6 rings (SSSR count). The smallest absolute Gasteiger partial charge is 0.228 e. The van der Waals surface area contributed by atoms with Crippen LogP contribution in [0.1, 0.15) is 17.1 Å². The van der Waals surface area contributed by atoms with Crippen LogP contribution in [0.3, 0.4) is 0 Å². The van der Waals surface area contributed by atoms with Crippen molar-refractivity contribution in [1.29, 1.82) is 0 Å². The van der Waals surface area contributed by atoms with Crippen molar-refractivity contribution in [3.8, 4) is 0 Å². The summed E-state index contributed by atoms with van der Waals surface area (Å²) in [6.45, 7) is 0.0110. The van der Waals surface area contributed by atoms with Gasteiger partial charge in [0.15, 0.2) is 6.29 Å². The molecule has 8 N–H and O–H groups in total. The second-order valence-electron chi connectivity index (χ2n) is 13.1. The number of halogens is 2. The van der Waals surface area contributed by atoms with Crippen LogP contribution in [0.15, 0.2) is 24.3 Å². The number of aliphatic hydroxyl groups is 8. The van der Waals surface area contributed by atoms with E-state index in [-0.39, 0.29) is 32.1 Å². The van der Waals surface area contributed by atoms with Gasteiger partial charge in [-0.15, -0.1) is 38.5 Å². The van der Waals surface area contributed by atoms with Crippen molar-refractivity contribution in [3.63, 3.8) is 0 Å². The lowest BCUT2D eigenvalue weighted by molar-refractivity contribution is -0.358. The van der Waals surface area contributed by atoms with Crippen molar-refractivity contribution in [2.75, 3.05) is 26.2 Å². The van der Waals surface area contributed by atoms with Gasteiger partial charge in [0.05, 0.1) is 82.2 Å². The number of nitrogens with zero attached hydrogens (tertiary/aromatic N) is 9. The third-order valence-corrected chi connectivity index (χ3v) is 9.99. The number of ether oxygens (including phenoxy) is 7. The maximum atomic E-state index is 10.9. The van der Waals surface area contributed by atoms with Gasteiger partial charge in [-0.3, -0.25) is 0 Å². The number of aliphatic hydroxyl groups excluding tert-OH is 8. The molecule has 3 aromatic rings. The van der Waals surface area contributed by atoms with Gasteiger partial charge < -0.3 is 74.0 Å². The molecule has 3 aliphatic rings. The molecule has 0 saturated carbocycles. The highest BCUT2D eigenvalue weighted by Crippen LogP contribution is 2.38. The molecule has 0 unspecified atom stereocenters. The molecule has 0 aliphatic carbocycles. The average Bonchev–Trinajstić information content (AvgIpc) is 4.00. The van der Waals surface area contributed by atoms with Gasteiger partial charge >= 0.3 is 0 Å². The first-order chi connectivity index (χ1) is 26.9. The Morgan fingerprint density at radius 3 is 2.20 bits per heavy atom. The predicted molar refractivity (Wildman–Crippen MR) is 181 cm³/mol. The van der Waals surface area contributed by atoms with Crippen LogP contribution in [0.25, 0.3) is 6.20 Å². The van der Waals surface area contributed by atoms with Crippen molar-refractivity contribution in [3.05, 3.63) is 41.4 Å². The topological polar surface area (TPSA) is 319 Å². The molecular formula is C30H43Cl2N9O15. The Morgan fingerprint density at radius 2 is 1.48 bits per heavy atom. The highest BCUT2D eigenvalue weighted by molar-refractivity contribution is 6.21. The van der Waals surface area contributed by atoms with Gasteiger partial charge in [0.25, 0.3) is 0 Å². The fourth-order valence-electron chi connectivity index (χ4n) is 5.99. The molecule has 3 saturated heterocycles. The van der Waals surface area contributed by atoms with Gasteiger partial charge in [-0.1, -0.05) is 15.6 Å². The average molecular weight is 841 g/mol. The molecule has 3 aromatic heterocycles. The van der Waals surface area contributed by atoms with E-state index in [1.165, 1.54) is 28.0 Å². The van der Waals surface area contributed by atoms with Gasteiger partial charge in [-0.25, -0.2) is 14.0 Å². The fraction of sp³-hybridized carbons (Fsp3) is 0.733. The Balaban J connectivity index is 0.991. The summed E-state index contributed by atoms with van der Waals surface area (Å²) in [6.07, 6.45) is -10.7. The first-order valence-electron chi connectivity index (χ1n) is 17.2. The first kappa shape index (κ1) is 42.6. The monoisotopic (exact) mass is 839 g/mol. The normalized spacial score (nSPS) is 35.7. The Morgan fingerprint density at radius 1 is 0.821 bits per heavy atom. The zero-order valence-corrected chi connectivity index (χ0v) is 31.1. The van der Waals surface area contributed by atoms with E-state index < -0.39 is 91.2 Å². The summed E-state index contributed by atoms with van der Waals surface area (Å²) in [5, 5.41) is 106. The van der Waals surface area contributed by atoms with E-state index in [1.807, 2.05) is 0 Å². The van der Waals surface area contributed by atoms with Crippen LogP contribution in [0.2, 0.25) is 0 Å².